The van der Waals surface area contributed by atoms with Crippen molar-refractivity contribution < 1.29 is 38.2 Å². The number of ether oxygens (including phenoxy) is 1. The Balaban J connectivity index is 1.79. The number of aryl methyl sites for hydroxylation is 1. The topological polar surface area (TPSA) is 154 Å². The molecule has 3 atom stereocenters. The van der Waals surface area contributed by atoms with Crippen LogP contribution in [0.2, 0.25) is 0 Å². The molecule has 1 heterocycles. The van der Waals surface area contributed by atoms with Gasteiger partial charge in [-0.1, -0.05) is 45.0 Å². The fraction of sp³-hybridized carbons (Fsp3) is 0.387. The van der Waals surface area contributed by atoms with Gasteiger partial charge in [0.1, 0.15) is 30.3 Å². The number of carbonyl (C=O) groups excluding carboxylic acids is 5. The van der Waals surface area contributed by atoms with Crippen molar-refractivity contribution >= 4 is 46.7 Å². The summed E-state index contributed by atoms with van der Waals surface area (Å²) >= 11 is 0.807. The highest BCUT2D eigenvalue weighted by atomic mass is 32.2. The molecule has 1 saturated heterocycles. The Morgan fingerprint density at radius 3 is 2.39 bits per heavy atom. The number of likely N-dealkylation sites (N-methyl/N-ethyl adjacent to an activating group) is 1. The summed E-state index contributed by atoms with van der Waals surface area (Å²) in [7, 11) is 1.39. The number of aliphatic hydroxyl groups excluding tert-OH is 1. The van der Waals surface area contributed by atoms with Crippen molar-refractivity contribution in [2.45, 2.75) is 59.4 Å². The number of rotatable bonds is 11. The number of aliphatic hydroxyl groups is 1. The van der Waals surface area contributed by atoms with E-state index in [1.165, 1.54) is 26.1 Å². The normalized spacial score (nSPS) is 16.4. The molecule has 2 unspecified atom stereocenters. The molecule has 0 aliphatic carbocycles. The van der Waals surface area contributed by atoms with E-state index >= 15 is 0 Å². The van der Waals surface area contributed by atoms with E-state index in [0.29, 0.717) is 16.9 Å². The summed E-state index contributed by atoms with van der Waals surface area (Å²) in [6.07, 6.45) is 0.244. The monoisotopic (exact) mass is 628 g/mol. The third kappa shape index (κ3) is 9.13. The lowest BCUT2D eigenvalue weighted by molar-refractivity contribution is -0.137. The Morgan fingerprint density at radius 1 is 1.09 bits per heavy atom. The lowest BCUT2D eigenvalue weighted by atomic mass is 9.94. The summed E-state index contributed by atoms with van der Waals surface area (Å²) in [6, 6.07) is 8.43. The summed E-state index contributed by atoms with van der Waals surface area (Å²) in [5.41, 5.74) is 0.652. The molecule has 236 valence electrons. The fourth-order valence-corrected chi connectivity index (χ4v) is 4.71. The maximum Gasteiger partial charge on any atom is 0.293 e. The van der Waals surface area contributed by atoms with Crippen LogP contribution in [0, 0.1) is 18.2 Å². The van der Waals surface area contributed by atoms with Gasteiger partial charge in [0.05, 0.1) is 11.0 Å². The van der Waals surface area contributed by atoms with Gasteiger partial charge in [0, 0.05) is 24.6 Å². The molecule has 44 heavy (non-hydrogen) atoms. The zero-order valence-corrected chi connectivity index (χ0v) is 26.2. The molecule has 0 bridgehead atoms. The number of nitrogens with one attached hydrogen (secondary N) is 3. The van der Waals surface area contributed by atoms with Crippen LogP contribution < -0.4 is 20.7 Å². The molecule has 1 aliphatic heterocycles. The number of amides is 5. The lowest BCUT2D eigenvalue weighted by Crippen LogP contribution is -2.59. The van der Waals surface area contributed by atoms with E-state index in [1.54, 1.807) is 64.1 Å². The molecule has 2 aromatic rings. The lowest BCUT2D eigenvalue weighted by Gasteiger charge is -2.27. The van der Waals surface area contributed by atoms with Crippen molar-refractivity contribution in [3.8, 4) is 5.75 Å². The SMILES string of the molecule is Cc1ccc(CNC(=O)[C@H](COc2cccc(C=C3SC(=O)N(C)C3=O)c2)NC(=O)C(NC(=O)C(C)(C)C)C(C)O)c(F)c1. The highest BCUT2D eigenvalue weighted by molar-refractivity contribution is 8.18. The predicted octanol–water partition coefficient (Wildman–Crippen LogP) is 2.89. The quantitative estimate of drug-likeness (QED) is 0.277. The summed E-state index contributed by atoms with van der Waals surface area (Å²) in [4.78, 5) is 64.4. The van der Waals surface area contributed by atoms with Gasteiger partial charge >= 0.3 is 0 Å². The zero-order valence-electron chi connectivity index (χ0n) is 25.4. The van der Waals surface area contributed by atoms with Gasteiger partial charge in [0.15, 0.2) is 0 Å². The molecule has 2 aromatic carbocycles. The maximum atomic E-state index is 14.4. The van der Waals surface area contributed by atoms with Gasteiger partial charge in [-0.25, -0.2) is 4.39 Å². The smallest absolute Gasteiger partial charge is 0.293 e. The second-order valence-corrected chi connectivity index (χ2v) is 12.4. The number of benzene rings is 2. The van der Waals surface area contributed by atoms with Crippen LogP contribution in [0.15, 0.2) is 47.4 Å². The van der Waals surface area contributed by atoms with Crippen LogP contribution in [-0.4, -0.2) is 70.7 Å². The van der Waals surface area contributed by atoms with E-state index < -0.39 is 58.3 Å². The first-order valence-electron chi connectivity index (χ1n) is 13.8. The van der Waals surface area contributed by atoms with E-state index in [4.69, 9.17) is 4.74 Å². The average Bonchev–Trinajstić information content (AvgIpc) is 3.18. The Bertz CT molecular complexity index is 1470. The van der Waals surface area contributed by atoms with Gasteiger partial charge in [-0.15, -0.1) is 0 Å². The third-order valence-corrected chi connectivity index (χ3v) is 7.55. The van der Waals surface area contributed by atoms with Crippen LogP contribution in [0.4, 0.5) is 9.18 Å². The first kappa shape index (κ1) is 34.3. The van der Waals surface area contributed by atoms with E-state index in [1.807, 2.05) is 0 Å². The van der Waals surface area contributed by atoms with Gasteiger partial charge < -0.3 is 25.8 Å². The van der Waals surface area contributed by atoms with Crippen LogP contribution in [-0.2, 0) is 25.7 Å². The van der Waals surface area contributed by atoms with Crippen LogP contribution >= 0.6 is 11.8 Å². The average molecular weight is 629 g/mol. The predicted molar refractivity (Wildman–Crippen MR) is 164 cm³/mol. The minimum absolute atomic E-state index is 0.167. The summed E-state index contributed by atoms with van der Waals surface area (Å²) in [5.74, 6) is -2.65. The molecule has 0 radical (unpaired) electrons. The molecule has 1 fully saturated rings. The Hall–Kier alpha value is -4.23. The largest absolute Gasteiger partial charge is 0.491 e. The van der Waals surface area contributed by atoms with E-state index in [2.05, 4.69) is 16.0 Å². The van der Waals surface area contributed by atoms with Crippen molar-refractivity contribution in [2.75, 3.05) is 13.7 Å². The highest BCUT2D eigenvalue weighted by Crippen LogP contribution is 2.31. The van der Waals surface area contributed by atoms with Crippen LogP contribution in [0.1, 0.15) is 44.4 Å². The number of halogens is 1. The first-order valence-corrected chi connectivity index (χ1v) is 14.6. The standard InChI is InChI=1S/C31H37FN4O7S/c1-17-10-11-20(22(32)12-17)15-33-26(38)23(34-27(39)25(18(2)37)35-29(41)31(3,4)5)16-43-21-9-7-8-19(13-21)14-24-28(40)36(6)30(42)44-24/h7-14,18,23,25,37H,15-16H2,1-6H3,(H,33,38)(H,34,39)(H,35,41)/t18?,23-,25?/m0/s1. The van der Waals surface area contributed by atoms with E-state index in [9.17, 15) is 33.5 Å². The molecule has 13 heteroatoms. The van der Waals surface area contributed by atoms with Gasteiger partial charge in [0.25, 0.3) is 11.1 Å². The van der Waals surface area contributed by atoms with Crippen LogP contribution in [0.3, 0.4) is 0 Å². The second kappa shape index (κ2) is 14.5. The van der Waals surface area contributed by atoms with Gasteiger partial charge in [-0.2, -0.15) is 0 Å². The minimum Gasteiger partial charge on any atom is -0.491 e. The van der Waals surface area contributed by atoms with Crippen molar-refractivity contribution in [2.24, 2.45) is 5.41 Å². The summed E-state index contributed by atoms with van der Waals surface area (Å²) in [6.45, 7) is 7.47. The van der Waals surface area contributed by atoms with Crippen LogP contribution in [0.25, 0.3) is 6.08 Å². The molecule has 0 aromatic heterocycles. The molecule has 11 nitrogen and oxygen atoms in total. The molecular formula is C31H37FN4O7S. The number of nitrogens with zero attached hydrogens (tertiary/aromatic N) is 1. The maximum absolute atomic E-state index is 14.4. The third-order valence-electron chi connectivity index (χ3n) is 6.59. The Kier molecular flexibility index (Phi) is 11.3. The number of thioether (sulfide) groups is 1. The van der Waals surface area contributed by atoms with Gasteiger partial charge in [-0.05, 0) is 61.0 Å². The molecule has 0 spiro atoms. The Labute approximate surface area is 259 Å². The molecule has 0 saturated carbocycles. The van der Waals surface area contributed by atoms with E-state index in [-0.39, 0.29) is 23.6 Å². The van der Waals surface area contributed by atoms with Crippen molar-refractivity contribution in [3.63, 3.8) is 0 Å². The van der Waals surface area contributed by atoms with Crippen molar-refractivity contribution in [1.82, 2.24) is 20.9 Å². The molecule has 1 aliphatic rings. The zero-order chi connectivity index (χ0) is 32.8. The number of carbonyl (C=O) groups is 5. The minimum atomic E-state index is -1.37. The first-order chi connectivity index (χ1) is 20.6. The highest BCUT2D eigenvalue weighted by Gasteiger charge is 2.34. The molecule has 5 amide bonds. The number of hydrogen-bond donors (Lipinski definition) is 4. The van der Waals surface area contributed by atoms with E-state index in [0.717, 1.165) is 16.7 Å². The molecule has 3 rings (SSSR count). The number of imide groups is 1. The van der Waals surface area contributed by atoms with Gasteiger partial charge in [0.2, 0.25) is 17.7 Å². The summed E-state index contributed by atoms with van der Waals surface area (Å²) < 4.78 is 20.2. The van der Waals surface area contributed by atoms with Crippen molar-refractivity contribution in [1.29, 1.82) is 0 Å². The molecular weight excluding hydrogens is 591 g/mol. The fourth-order valence-electron chi connectivity index (χ4n) is 3.88. The summed E-state index contributed by atoms with van der Waals surface area (Å²) in [5, 5.41) is 17.5. The Morgan fingerprint density at radius 2 is 1.80 bits per heavy atom. The van der Waals surface area contributed by atoms with Crippen molar-refractivity contribution in [3.05, 3.63) is 69.9 Å². The number of hydrogen-bond acceptors (Lipinski definition) is 8. The molecule has 4 N–H and O–H groups in total. The van der Waals surface area contributed by atoms with Gasteiger partial charge in [-0.3, -0.25) is 28.9 Å². The van der Waals surface area contributed by atoms with Crippen LogP contribution in [0.5, 0.6) is 5.75 Å². The second-order valence-electron chi connectivity index (χ2n) is 11.4.